The van der Waals surface area contributed by atoms with E-state index in [1.165, 1.54) is 18.4 Å². The van der Waals surface area contributed by atoms with E-state index < -0.39 is 0 Å². The van der Waals surface area contributed by atoms with Crippen LogP contribution >= 0.6 is 0 Å². The normalized spacial score (nSPS) is 23.7. The van der Waals surface area contributed by atoms with Gasteiger partial charge in [0.15, 0.2) is 0 Å². The van der Waals surface area contributed by atoms with Gasteiger partial charge in [-0.1, -0.05) is 43.7 Å². The zero-order valence-corrected chi connectivity index (χ0v) is 14.8. The molecular weight excluding hydrogens is 302 g/mol. The summed E-state index contributed by atoms with van der Waals surface area (Å²) in [6.45, 7) is 5.57. The van der Waals surface area contributed by atoms with E-state index in [0.717, 1.165) is 23.7 Å². The monoisotopic (exact) mass is 329 g/mol. The number of nitrogens with one attached hydrogen (secondary N) is 1. The minimum Gasteiger partial charge on any atom is -0.496 e. The van der Waals surface area contributed by atoms with Gasteiger partial charge in [-0.15, -0.1) is 0 Å². The second-order valence-corrected chi connectivity index (χ2v) is 7.37. The summed E-state index contributed by atoms with van der Waals surface area (Å²) in [5.41, 5.74) is 2.84. The lowest BCUT2D eigenvalue weighted by Crippen LogP contribution is -2.48. The summed E-state index contributed by atoms with van der Waals surface area (Å²) in [5.74, 6) is 2.29. The molecule has 0 aromatic heterocycles. The highest BCUT2D eigenvalue weighted by atomic mass is 16.5. The summed E-state index contributed by atoms with van der Waals surface area (Å²) >= 11 is 0. The van der Waals surface area contributed by atoms with Gasteiger partial charge in [-0.3, -0.25) is 0 Å². The van der Waals surface area contributed by atoms with Crippen molar-refractivity contribution >= 4 is 6.09 Å². The van der Waals surface area contributed by atoms with Gasteiger partial charge in [-0.25, -0.2) is 4.79 Å². The summed E-state index contributed by atoms with van der Waals surface area (Å²) < 4.78 is 10.6. The average Bonchev–Trinajstić information content (AvgIpc) is 2.60. The standard InChI is InChI=1S/C20H27NO3/c1-20(2)16-9-8-14(17(20)12-16)10-11-24-19(22)21-13-15-6-4-5-7-18(15)23-3/h4-8,16-17H,9-13H2,1-3H3,(H,21,22). The fraction of sp³-hybridized carbons (Fsp3) is 0.550. The average molecular weight is 329 g/mol. The molecule has 0 heterocycles. The number of amides is 1. The Bertz CT molecular complexity index is 636. The van der Waals surface area contributed by atoms with Crippen molar-refractivity contribution in [1.82, 2.24) is 5.32 Å². The number of allylic oxidation sites excluding steroid dienone is 1. The molecule has 24 heavy (non-hydrogen) atoms. The van der Waals surface area contributed by atoms with E-state index in [-0.39, 0.29) is 6.09 Å². The maximum atomic E-state index is 11.9. The number of benzene rings is 1. The molecule has 0 aliphatic heterocycles. The first-order valence-corrected chi connectivity index (χ1v) is 8.74. The Labute approximate surface area is 144 Å². The summed E-state index contributed by atoms with van der Waals surface area (Å²) in [6, 6.07) is 7.64. The smallest absolute Gasteiger partial charge is 0.407 e. The van der Waals surface area contributed by atoms with E-state index in [2.05, 4.69) is 25.2 Å². The number of rotatable bonds is 6. The van der Waals surface area contributed by atoms with Gasteiger partial charge >= 0.3 is 6.09 Å². The number of hydrogen-bond donors (Lipinski definition) is 1. The quantitative estimate of drug-likeness (QED) is 0.791. The van der Waals surface area contributed by atoms with Crippen molar-refractivity contribution in [2.45, 2.75) is 39.7 Å². The van der Waals surface area contributed by atoms with Crippen molar-refractivity contribution in [2.24, 2.45) is 17.3 Å². The van der Waals surface area contributed by atoms with Gasteiger partial charge in [0.05, 0.1) is 13.7 Å². The number of para-hydroxylation sites is 1. The van der Waals surface area contributed by atoms with E-state index in [0.29, 0.717) is 24.5 Å². The SMILES string of the molecule is COc1ccccc1CNC(=O)OCCC1=CCC2CC1C2(C)C. The van der Waals surface area contributed by atoms with Crippen LogP contribution in [0.25, 0.3) is 0 Å². The Morgan fingerprint density at radius 1 is 1.33 bits per heavy atom. The number of hydrogen-bond acceptors (Lipinski definition) is 3. The summed E-state index contributed by atoms with van der Waals surface area (Å²) in [6.07, 6.45) is 5.32. The molecule has 1 aromatic rings. The van der Waals surface area contributed by atoms with Crippen LogP contribution in [0, 0.1) is 17.3 Å². The highest BCUT2D eigenvalue weighted by molar-refractivity contribution is 5.67. The van der Waals surface area contributed by atoms with Gasteiger partial charge in [-0.2, -0.15) is 0 Å². The minimum atomic E-state index is -0.372. The largest absolute Gasteiger partial charge is 0.496 e. The molecule has 1 fully saturated rings. The van der Waals surface area contributed by atoms with Crippen LogP contribution in [0.5, 0.6) is 5.75 Å². The predicted molar refractivity (Wildman–Crippen MR) is 93.9 cm³/mol. The van der Waals surface area contributed by atoms with E-state index in [9.17, 15) is 4.79 Å². The van der Waals surface area contributed by atoms with Gasteiger partial charge in [0.25, 0.3) is 0 Å². The van der Waals surface area contributed by atoms with E-state index in [4.69, 9.17) is 9.47 Å². The molecule has 0 radical (unpaired) electrons. The van der Waals surface area contributed by atoms with Gasteiger partial charge in [0.2, 0.25) is 0 Å². The fourth-order valence-corrected chi connectivity index (χ4v) is 4.09. The van der Waals surface area contributed by atoms with Crippen LogP contribution in [0.1, 0.15) is 38.7 Å². The molecule has 3 aliphatic rings. The van der Waals surface area contributed by atoms with Gasteiger partial charge in [0, 0.05) is 18.5 Å². The third-order valence-corrected chi connectivity index (χ3v) is 5.82. The van der Waals surface area contributed by atoms with Crippen LogP contribution in [-0.2, 0) is 11.3 Å². The first kappa shape index (κ1) is 16.9. The first-order valence-electron chi connectivity index (χ1n) is 8.74. The molecule has 2 bridgehead atoms. The third-order valence-electron chi connectivity index (χ3n) is 5.82. The molecule has 1 saturated carbocycles. The van der Waals surface area contributed by atoms with Crippen LogP contribution < -0.4 is 10.1 Å². The lowest BCUT2D eigenvalue weighted by atomic mass is 9.48. The molecule has 1 N–H and O–H groups in total. The number of methoxy groups -OCH3 is 1. The van der Waals surface area contributed by atoms with Crippen LogP contribution in [0.2, 0.25) is 0 Å². The lowest BCUT2D eigenvalue weighted by molar-refractivity contribution is -0.00970. The fourth-order valence-electron chi connectivity index (χ4n) is 4.09. The van der Waals surface area contributed by atoms with Crippen LogP contribution in [0.4, 0.5) is 4.79 Å². The second kappa shape index (κ2) is 6.88. The number of carbonyl (C=O) groups excluding carboxylic acids is 1. The molecule has 2 unspecified atom stereocenters. The summed E-state index contributed by atoms with van der Waals surface area (Å²) in [7, 11) is 1.63. The van der Waals surface area contributed by atoms with Gasteiger partial charge < -0.3 is 14.8 Å². The third kappa shape index (κ3) is 3.28. The summed E-state index contributed by atoms with van der Waals surface area (Å²) in [4.78, 5) is 11.9. The Morgan fingerprint density at radius 2 is 2.12 bits per heavy atom. The molecule has 1 aromatic carbocycles. The molecule has 3 aliphatic carbocycles. The number of fused-ring (bicyclic) bond motifs is 1. The molecule has 4 nitrogen and oxygen atoms in total. The molecule has 0 saturated heterocycles. The maximum absolute atomic E-state index is 11.9. The van der Waals surface area contributed by atoms with E-state index in [1.54, 1.807) is 7.11 Å². The molecule has 4 heteroatoms. The van der Waals surface area contributed by atoms with E-state index >= 15 is 0 Å². The van der Waals surface area contributed by atoms with Gasteiger partial charge in [0.1, 0.15) is 5.75 Å². The maximum Gasteiger partial charge on any atom is 0.407 e. The van der Waals surface area contributed by atoms with Crippen molar-refractivity contribution in [1.29, 1.82) is 0 Å². The number of alkyl carbamates (subject to hydrolysis) is 1. The molecule has 130 valence electrons. The van der Waals surface area contributed by atoms with Crippen LogP contribution in [0.3, 0.4) is 0 Å². The predicted octanol–water partition coefficient (Wildman–Crippen LogP) is 4.30. The highest BCUT2D eigenvalue weighted by Gasteiger charge is 2.50. The molecule has 4 rings (SSSR count). The van der Waals surface area contributed by atoms with Crippen molar-refractivity contribution in [3.05, 3.63) is 41.5 Å². The zero-order chi connectivity index (χ0) is 17.2. The molecule has 1 amide bonds. The second-order valence-electron chi connectivity index (χ2n) is 7.37. The first-order chi connectivity index (χ1) is 11.5. The summed E-state index contributed by atoms with van der Waals surface area (Å²) in [5, 5.41) is 2.79. The zero-order valence-electron chi connectivity index (χ0n) is 14.8. The molecule has 0 spiro atoms. The van der Waals surface area contributed by atoms with Crippen LogP contribution in [-0.4, -0.2) is 19.8 Å². The van der Waals surface area contributed by atoms with E-state index in [1.807, 2.05) is 24.3 Å². The number of carbonyl (C=O) groups is 1. The Hall–Kier alpha value is -1.97. The van der Waals surface area contributed by atoms with Crippen molar-refractivity contribution in [3.8, 4) is 5.75 Å². The lowest BCUT2D eigenvalue weighted by Gasteiger charge is -2.56. The minimum absolute atomic E-state index is 0.372. The van der Waals surface area contributed by atoms with Crippen molar-refractivity contribution in [2.75, 3.05) is 13.7 Å². The number of ether oxygens (including phenoxy) is 2. The Morgan fingerprint density at radius 3 is 2.83 bits per heavy atom. The Kier molecular flexibility index (Phi) is 4.83. The molecular formula is C20H27NO3. The van der Waals surface area contributed by atoms with Crippen LogP contribution in [0.15, 0.2) is 35.9 Å². The topological polar surface area (TPSA) is 47.6 Å². The highest BCUT2D eigenvalue weighted by Crippen LogP contribution is 2.59. The molecule has 2 atom stereocenters. The van der Waals surface area contributed by atoms with Gasteiger partial charge in [-0.05, 0) is 36.2 Å². The Balaban J connectivity index is 1.41. The van der Waals surface area contributed by atoms with Crippen molar-refractivity contribution in [3.63, 3.8) is 0 Å². The van der Waals surface area contributed by atoms with Crippen molar-refractivity contribution < 1.29 is 14.3 Å².